The summed E-state index contributed by atoms with van der Waals surface area (Å²) in [5, 5.41) is 3.61. The van der Waals surface area contributed by atoms with E-state index in [1.54, 1.807) is 6.07 Å². The molecule has 0 aliphatic carbocycles. The van der Waals surface area contributed by atoms with Gasteiger partial charge in [-0.05, 0) is 50.1 Å². The summed E-state index contributed by atoms with van der Waals surface area (Å²) in [6.45, 7) is 7.10. The zero-order chi connectivity index (χ0) is 21.3. The third-order valence-corrected chi connectivity index (χ3v) is 5.35. The number of aromatic nitrogens is 2. The number of carbonyl (C=O) groups is 1. The van der Waals surface area contributed by atoms with Gasteiger partial charge in [0.1, 0.15) is 13.2 Å². The van der Waals surface area contributed by atoms with Crippen LogP contribution in [0, 0.1) is 6.92 Å². The molecule has 2 heterocycles. The molecule has 0 saturated heterocycles. The van der Waals surface area contributed by atoms with Gasteiger partial charge in [0.15, 0.2) is 11.5 Å². The lowest BCUT2D eigenvalue weighted by molar-refractivity contribution is -0.123. The molecule has 7 nitrogen and oxygen atoms in total. The van der Waals surface area contributed by atoms with Crippen molar-refractivity contribution >= 4 is 16.8 Å². The highest BCUT2D eigenvalue weighted by Crippen LogP contribution is 2.34. The SMILES string of the molecule is Cc1cccc2c(=O)n(CCC(=O)NC(C)(C)c3ccc4c(c3)OCCO4)cnc12. The van der Waals surface area contributed by atoms with E-state index in [0.717, 1.165) is 11.1 Å². The van der Waals surface area contributed by atoms with Crippen molar-refractivity contribution in [1.82, 2.24) is 14.9 Å². The minimum atomic E-state index is -0.601. The van der Waals surface area contributed by atoms with Crippen molar-refractivity contribution in [2.24, 2.45) is 0 Å². The van der Waals surface area contributed by atoms with E-state index in [1.807, 2.05) is 51.1 Å². The van der Waals surface area contributed by atoms with Crippen LogP contribution in [0.1, 0.15) is 31.4 Å². The van der Waals surface area contributed by atoms with Crippen molar-refractivity contribution in [3.8, 4) is 11.5 Å². The van der Waals surface area contributed by atoms with E-state index in [4.69, 9.17) is 9.47 Å². The lowest BCUT2D eigenvalue weighted by Gasteiger charge is -2.29. The number of ether oxygens (including phenoxy) is 2. The van der Waals surface area contributed by atoms with Crippen LogP contribution < -0.4 is 20.3 Å². The molecule has 1 aliphatic heterocycles. The van der Waals surface area contributed by atoms with Crippen LogP contribution >= 0.6 is 0 Å². The van der Waals surface area contributed by atoms with Crippen LogP contribution in [0.25, 0.3) is 10.9 Å². The molecule has 1 aliphatic rings. The Kier molecular flexibility index (Phi) is 5.20. The zero-order valence-electron chi connectivity index (χ0n) is 17.4. The Morgan fingerprint density at radius 3 is 2.73 bits per heavy atom. The lowest BCUT2D eigenvalue weighted by atomic mass is 9.93. The van der Waals surface area contributed by atoms with Gasteiger partial charge in [0, 0.05) is 13.0 Å². The Bertz CT molecular complexity index is 1170. The van der Waals surface area contributed by atoms with E-state index in [-0.39, 0.29) is 24.4 Å². The maximum atomic E-state index is 12.7. The van der Waals surface area contributed by atoms with Crippen LogP contribution in [0.15, 0.2) is 47.5 Å². The minimum Gasteiger partial charge on any atom is -0.486 e. The first kappa shape index (κ1) is 19.9. The fraction of sp³-hybridized carbons (Fsp3) is 0.348. The first-order valence-corrected chi connectivity index (χ1v) is 10.0. The Morgan fingerprint density at radius 2 is 1.93 bits per heavy atom. The number of aryl methyl sites for hydroxylation is 2. The second kappa shape index (κ2) is 7.82. The zero-order valence-corrected chi connectivity index (χ0v) is 17.4. The predicted octanol–water partition coefficient (Wildman–Crippen LogP) is 2.92. The maximum absolute atomic E-state index is 12.7. The highest BCUT2D eigenvalue weighted by molar-refractivity contribution is 5.80. The van der Waals surface area contributed by atoms with E-state index < -0.39 is 5.54 Å². The maximum Gasteiger partial charge on any atom is 0.261 e. The fourth-order valence-electron chi connectivity index (χ4n) is 3.63. The number of para-hydroxylation sites is 1. The Balaban J connectivity index is 1.45. The van der Waals surface area contributed by atoms with Crippen molar-refractivity contribution < 1.29 is 14.3 Å². The average Bonchev–Trinajstić information content (AvgIpc) is 2.73. The Labute approximate surface area is 174 Å². The quantitative estimate of drug-likeness (QED) is 0.703. The fourth-order valence-corrected chi connectivity index (χ4v) is 3.63. The molecule has 30 heavy (non-hydrogen) atoms. The lowest BCUT2D eigenvalue weighted by Crippen LogP contribution is -2.41. The molecule has 4 rings (SSSR count). The predicted molar refractivity (Wildman–Crippen MR) is 114 cm³/mol. The third kappa shape index (κ3) is 3.87. The van der Waals surface area contributed by atoms with Crippen molar-refractivity contribution in [2.45, 2.75) is 39.3 Å². The van der Waals surface area contributed by atoms with E-state index in [1.165, 1.54) is 10.9 Å². The van der Waals surface area contributed by atoms with Crippen LogP contribution in [0.3, 0.4) is 0 Å². The molecule has 1 amide bonds. The van der Waals surface area contributed by atoms with Crippen LogP contribution in [0.5, 0.6) is 11.5 Å². The summed E-state index contributed by atoms with van der Waals surface area (Å²) in [6.07, 6.45) is 1.68. The van der Waals surface area contributed by atoms with Gasteiger partial charge in [-0.3, -0.25) is 14.2 Å². The Morgan fingerprint density at radius 1 is 1.17 bits per heavy atom. The molecule has 0 radical (unpaired) electrons. The van der Waals surface area contributed by atoms with Gasteiger partial charge >= 0.3 is 0 Å². The minimum absolute atomic E-state index is 0.136. The molecule has 2 aromatic carbocycles. The summed E-state index contributed by atoms with van der Waals surface area (Å²) in [4.78, 5) is 29.7. The number of nitrogens with one attached hydrogen (secondary N) is 1. The average molecular weight is 407 g/mol. The Hall–Kier alpha value is -3.35. The summed E-state index contributed by atoms with van der Waals surface area (Å²) in [5.74, 6) is 1.25. The van der Waals surface area contributed by atoms with Gasteiger partial charge in [-0.1, -0.05) is 18.2 Å². The van der Waals surface area contributed by atoms with E-state index in [9.17, 15) is 9.59 Å². The smallest absolute Gasteiger partial charge is 0.261 e. The molecule has 0 unspecified atom stereocenters. The van der Waals surface area contributed by atoms with Crippen molar-refractivity contribution in [3.63, 3.8) is 0 Å². The van der Waals surface area contributed by atoms with Crippen LogP contribution in [0.2, 0.25) is 0 Å². The number of nitrogens with zero attached hydrogens (tertiary/aromatic N) is 2. The standard InChI is InChI=1S/C23H25N3O4/c1-15-5-4-6-17-21(15)24-14-26(22(17)28)10-9-20(27)25-23(2,3)16-7-8-18-19(13-16)30-12-11-29-18/h4-8,13-14H,9-12H2,1-3H3,(H,25,27). The summed E-state index contributed by atoms with van der Waals surface area (Å²) in [6, 6.07) is 11.2. The molecular formula is C23H25N3O4. The molecule has 156 valence electrons. The number of fused-ring (bicyclic) bond motifs is 2. The highest BCUT2D eigenvalue weighted by atomic mass is 16.6. The molecule has 0 atom stereocenters. The van der Waals surface area contributed by atoms with Crippen molar-refractivity contribution in [3.05, 3.63) is 64.2 Å². The van der Waals surface area contributed by atoms with Gasteiger partial charge in [-0.2, -0.15) is 0 Å². The van der Waals surface area contributed by atoms with Crippen LogP contribution in [-0.4, -0.2) is 28.7 Å². The number of hydrogen-bond acceptors (Lipinski definition) is 5. The van der Waals surface area contributed by atoms with E-state index in [0.29, 0.717) is 35.6 Å². The molecule has 0 fully saturated rings. The van der Waals surface area contributed by atoms with Gasteiger partial charge < -0.3 is 14.8 Å². The highest BCUT2D eigenvalue weighted by Gasteiger charge is 2.25. The number of carbonyl (C=O) groups excluding carboxylic acids is 1. The monoisotopic (exact) mass is 407 g/mol. The molecule has 0 saturated carbocycles. The first-order valence-electron chi connectivity index (χ1n) is 10.0. The molecular weight excluding hydrogens is 382 g/mol. The molecule has 0 bridgehead atoms. The second-order valence-electron chi connectivity index (χ2n) is 8.00. The van der Waals surface area contributed by atoms with Gasteiger partial charge in [0.25, 0.3) is 5.56 Å². The topological polar surface area (TPSA) is 82.5 Å². The molecule has 1 aromatic heterocycles. The summed E-state index contributed by atoms with van der Waals surface area (Å²) in [5.41, 5.74) is 1.83. The van der Waals surface area contributed by atoms with Gasteiger partial charge in [0.2, 0.25) is 5.91 Å². The largest absolute Gasteiger partial charge is 0.486 e. The third-order valence-electron chi connectivity index (χ3n) is 5.35. The summed E-state index contributed by atoms with van der Waals surface area (Å²) >= 11 is 0. The van der Waals surface area contributed by atoms with Crippen LogP contribution in [-0.2, 0) is 16.9 Å². The van der Waals surface area contributed by atoms with E-state index >= 15 is 0 Å². The number of rotatable bonds is 5. The number of hydrogen-bond donors (Lipinski definition) is 1. The normalized spacial score (nSPS) is 13.3. The summed E-state index contributed by atoms with van der Waals surface area (Å²) < 4.78 is 12.7. The molecule has 7 heteroatoms. The second-order valence-corrected chi connectivity index (χ2v) is 8.00. The summed E-state index contributed by atoms with van der Waals surface area (Å²) in [7, 11) is 0. The molecule has 0 spiro atoms. The molecule has 1 N–H and O–H groups in total. The van der Waals surface area contributed by atoms with Gasteiger partial charge in [-0.15, -0.1) is 0 Å². The molecule has 3 aromatic rings. The number of amides is 1. The number of benzene rings is 2. The first-order chi connectivity index (χ1) is 14.3. The van der Waals surface area contributed by atoms with E-state index in [2.05, 4.69) is 10.3 Å². The van der Waals surface area contributed by atoms with Gasteiger partial charge in [0.05, 0.1) is 22.8 Å². The van der Waals surface area contributed by atoms with Crippen molar-refractivity contribution in [1.29, 1.82) is 0 Å². The van der Waals surface area contributed by atoms with Crippen molar-refractivity contribution in [2.75, 3.05) is 13.2 Å². The van der Waals surface area contributed by atoms with Gasteiger partial charge in [-0.25, -0.2) is 4.98 Å². The van der Waals surface area contributed by atoms with Crippen LogP contribution in [0.4, 0.5) is 0 Å².